The number of hydrogen-bond donors (Lipinski definition) is 3. The summed E-state index contributed by atoms with van der Waals surface area (Å²) in [6.07, 6.45) is 1.54. The lowest BCUT2D eigenvalue weighted by Crippen LogP contribution is -2.30. The lowest BCUT2D eigenvalue weighted by molar-refractivity contribution is -0.116. The van der Waals surface area contributed by atoms with Crippen LogP contribution >= 0.6 is 11.8 Å². The Balaban J connectivity index is 1.41. The Labute approximate surface area is 300 Å². The second-order valence-electron chi connectivity index (χ2n) is 11.0. The molecule has 3 N–H and O–H groups in total. The molecule has 1 unspecified atom stereocenters. The molecule has 0 fully saturated rings. The van der Waals surface area contributed by atoms with Gasteiger partial charge in [-0.05, 0) is 54.1 Å². The molecule has 11 heteroatoms. The minimum absolute atomic E-state index is 0.0133. The fourth-order valence-corrected chi connectivity index (χ4v) is 6.09. The molecule has 1 atom stereocenters. The third kappa shape index (κ3) is 9.71. The number of amides is 3. The molecule has 0 heterocycles. The van der Waals surface area contributed by atoms with Crippen molar-refractivity contribution in [3.63, 3.8) is 0 Å². The predicted molar refractivity (Wildman–Crippen MR) is 200 cm³/mol. The van der Waals surface area contributed by atoms with Gasteiger partial charge in [0.15, 0.2) is 0 Å². The van der Waals surface area contributed by atoms with Crippen LogP contribution in [-0.2, 0) is 9.59 Å². The van der Waals surface area contributed by atoms with Crippen molar-refractivity contribution in [1.82, 2.24) is 5.32 Å². The van der Waals surface area contributed by atoms with Crippen molar-refractivity contribution in [1.29, 1.82) is 0 Å². The lowest BCUT2D eigenvalue weighted by atomic mass is 10.1. The van der Waals surface area contributed by atoms with E-state index in [4.69, 9.17) is 18.9 Å². The summed E-state index contributed by atoms with van der Waals surface area (Å²) in [4.78, 5) is 41.5. The van der Waals surface area contributed by atoms with Crippen molar-refractivity contribution < 1.29 is 33.3 Å². The average Bonchev–Trinajstić information content (AvgIpc) is 3.17. The first-order chi connectivity index (χ1) is 24.8. The molecule has 0 saturated carbocycles. The molecule has 0 spiro atoms. The first kappa shape index (κ1) is 36.1. The summed E-state index contributed by atoms with van der Waals surface area (Å²) in [7, 11) is 6.14. The van der Waals surface area contributed by atoms with Crippen LogP contribution in [0.1, 0.15) is 26.7 Å². The van der Waals surface area contributed by atoms with E-state index in [0.29, 0.717) is 45.5 Å². The van der Waals surface area contributed by atoms with E-state index >= 15 is 0 Å². The fourth-order valence-electron chi connectivity index (χ4n) is 5.01. The highest BCUT2D eigenvalue weighted by Gasteiger charge is 2.23. The van der Waals surface area contributed by atoms with Crippen molar-refractivity contribution in [3.8, 4) is 23.0 Å². The summed E-state index contributed by atoms with van der Waals surface area (Å²) in [5.41, 5.74) is 2.67. The van der Waals surface area contributed by atoms with Crippen LogP contribution in [-0.4, -0.2) is 46.2 Å². The summed E-state index contributed by atoms with van der Waals surface area (Å²) in [5.74, 6) is 0.806. The van der Waals surface area contributed by atoms with Gasteiger partial charge >= 0.3 is 0 Å². The van der Waals surface area contributed by atoms with E-state index in [9.17, 15) is 14.4 Å². The third-order valence-electron chi connectivity index (χ3n) is 7.57. The van der Waals surface area contributed by atoms with Crippen LogP contribution in [0.15, 0.2) is 132 Å². The zero-order valence-electron chi connectivity index (χ0n) is 28.5. The Hall–Kier alpha value is -6.20. The zero-order valence-corrected chi connectivity index (χ0v) is 29.3. The number of carbonyl (C=O) groups excluding carboxylic acids is 3. The third-order valence-corrected chi connectivity index (χ3v) is 8.82. The van der Waals surface area contributed by atoms with Crippen LogP contribution in [0.5, 0.6) is 23.0 Å². The highest BCUT2D eigenvalue weighted by molar-refractivity contribution is 8.00. The van der Waals surface area contributed by atoms with Gasteiger partial charge < -0.3 is 34.9 Å². The molecule has 0 aliphatic heterocycles. The first-order valence-electron chi connectivity index (χ1n) is 15.8. The topological polar surface area (TPSA) is 124 Å². The zero-order chi connectivity index (χ0) is 36.2. The maximum atomic E-state index is 13.8. The number of anilines is 2. The summed E-state index contributed by atoms with van der Waals surface area (Å²) >= 11 is 1.32. The maximum absolute atomic E-state index is 13.8. The van der Waals surface area contributed by atoms with E-state index in [2.05, 4.69) is 16.0 Å². The van der Waals surface area contributed by atoms with E-state index in [1.807, 2.05) is 36.4 Å². The second-order valence-corrected chi connectivity index (χ2v) is 12.1. The Morgan fingerprint density at radius 1 is 0.627 bits per heavy atom. The quantitative estimate of drug-likeness (QED) is 0.0798. The molecule has 51 heavy (non-hydrogen) atoms. The van der Waals surface area contributed by atoms with Gasteiger partial charge in [-0.2, -0.15) is 0 Å². The van der Waals surface area contributed by atoms with Crippen molar-refractivity contribution in [2.24, 2.45) is 0 Å². The van der Waals surface area contributed by atoms with Gasteiger partial charge in [-0.3, -0.25) is 14.4 Å². The SMILES string of the molecule is COc1cc(NC(=O)C(Sc2cccc(NC(=O)/C(=C\c3ccc(OC)cc3OC)NC(=O)c3ccccc3)c2)c2ccccc2)cc(OC)c1. The second kappa shape index (κ2) is 17.5. The number of benzene rings is 5. The van der Waals surface area contributed by atoms with Crippen molar-refractivity contribution in [3.05, 3.63) is 144 Å². The van der Waals surface area contributed by atoms with E-state index < -0.39 is 17.1 Å². The van der Waals surface area contributed by atoms with E-state index in [1.165, 1.54) is 24.9 Å². The van der Waals surface area contributed by atoms with Crippen LogP contribution in [0.3, 0.4) is 0 Å². The van der Waals surface area contributed by atoms with E-state index in [0.717, 1.165) is 10.5 Å². The van der Waals surface area contributed by atoms with E-state index in [-0.39, 0.29) is 11.6 Å². The summed E-state index contributed by atoms with van der Waals surface area (Å²) in [6, 6.07) is 35.4. The number of nitrogens with one attached hydrogen (secondary N) is 3. The van der Waals surface area contributed by atoms with Crippen LogP contribution < -0.4 is 34.9 Å². The Bertz CT molecular complexity index is 2000. The molecule has 5 aromatic carbocycles. The highest BCUT2D eigenvalue weighted by Crippen LogP contribution is 2.38. The average molecular weight is 704 g/mol. The molecule has 10 nitrogen and oxygen atoms in total. The van der Waals surface area contributed by atoms with Gasteiger partial charge in [-0.25, -0.2) is 0 Å². The first-order valence-corrected chi connectivity index (χ1v) is 16.6. The van der Waals surface area contributed by atoms with Gasteiger partial charge in [0.2, 0.25) is 5.91 Å². The molecule has 0 aromatic heterocycles. The van der Waals surface area contributed by atoms with Gasteiger partial charge in [-0.15, -0.1) is 11.8 Å². The predicted octanol–water partition coefficient (Wildman–Crippen LogP) is 7.60. The van der Waals surface area contributed by atoms with Gasteiger partial charge in [0.25, 0.3) is 11.8 Å². The van der Waals surface area contributed by atoms with Gasteiger partial charge in [0, 0.05) is 51.7 Å². The number of thioether (sulfide) groups is 1. The monoisotopic (exact) mass is 703 g/mol. The fraction of sp³-hybridized carbons (Fsp3) is 0.125. The Morgan fingerprint density at radius 2 is 1.29 bits per heavy atom. The molecular weight excluding hydrogens is 667 g/mol. The molecule has 3 amide bonds. The molecule has 0 saturated heterocycles. The summed E-state index contributed by atoms with van der Waals surface area (Å²) < 4.78 is 21.6. The number of carbonyl (C=O) groups is 3. The maximum Gasteiger partial charge on any atom is 0.272 e. The molecule has 0 aliphatic carbocycles. The molecule has 0 bridgehead atoms. The Morgan fingerprint density at radius 3 is 1.94 bits per heavy atom. The minimum Gasteiger partial charge on any atom is -0.497 e. The largest absolute Gasteiger partial charge is 0.497 e. The molecule has 5 aromatic rings. The molecule has 260 valence electrons. The van der Waals surface area contributed by atoms with Crippen molar-refractivity contribution >= 4 is 46.9 Å². The van der Waals surface area contributed by atoms with E-state index in [1.54, 1.807) is 106 Å². The normalized spacial score (nSPS) is 11.5. The van der Waals surface area contributed by atoms with Gasteiger partial charge in [0.1, 0.15) is 33.9 Å². The summed E-state index contributed by atoms with van der Waals surface area (Å²) in [5, 5.41) is 7.98. The van der Waals surface area contributed by atoms with Gasteiger partial charge in [-0.1, -0.05) is 54.6 Å². The van der Waals surface area contributed by atoms with Crippen LogP contribution in [0.2, 0.25) is 0 Å². The van der Waals surface area contributed by atoms with Gasteiger partial charge in [0.05, 0.1) is 28.4 Å². The van der Waals surface area contributed by atoms with Crippen molar-refractivity contribution in [2.45, 2.75) is 10.1 Å². The minimum atomic E-state index is -0.655. The molecule has 5 rings (SSSR count). The number of hydrogen-bond acceptors (Lipinski definition) is 8. The van der Waals surface area contributed by atoms with Crippen LogP contribution in [0, 0.1) is 0 Å². The Kier molecular flexibility index (Phi) is 12.4. The molecule has 0 aliphatic rings. The van der Waals surface area contributed by atoms with Crippen LogP contribution in [0.25, 0.3) is 6.08 Å². The smallest absolute Gasteiger partial charge is 0.272 e. The number of ether oxygens (including phenoxy) is 4. The standard InChI is InChI=1S/C40H37N3O7S/c1-47-31-19-18-28(36(25-31)50-4)20-35(43-38(44)27-14-9-6-10-15-27)39(45)41-29-16-11-17-34(23-29)51-37(26-12-7-5-8-13-26)40(46)42-30-21-32(48-2)24-33(22-30)49-3/h5-25,37H,1-4H3,(H,41,45)(H,42,46)(H,43,44)/b35-20+. The van der Waals surface area contributed by atoms with Crippen LogP contribution in [0.4, 0.5) is 11.4 Å². The molecular formula is C40H37N3O7S. The summed E-state index contributed by atoms with van der Waals surface area (Å²) in [6.45, 7) is 0. The lowest BCUT2D eigenvalue weighted by Gasteiger charge is -2.18. The molecule has 0 radical (unpaired) electrons. The highest BCUT2D eigenvalue weighted by atomic mass is 32.2. The number of rotatable bonds is 14. The number of methoxy groups -OCH3 is 4. The van der Waals surface area contributed by atoms with Crippen molar-refractivity contribution in [2.75, 3.05) is 39.1 Å².